The summed E-state index contributed by atoms with van der Waals surface area (Å²) in [7, 11) is -3.53. The minimum absolute atomic E-state index is 0.0644. The Balaban J connectivity index is 1.58. The fourth-order valence-electron chi connectivity index (χ4n) is 4.05. The highest BCUT2D eigenvalue weighted by Gasteiger charge is 2.33. The van der Waals surface area contributed by atoms with Crippen LogP contribution in [0.2, 0.25) is 0 Å². The highest BCUT2D eigenvalue weighted by atomic mass is 32.2. The van der Waals surface area contributed by atoms with E-state index in [-0.39, 0.29) is 11.9 Å². The summed E-state index contributed by atoms with van der Waals surface area (Å²) in [5, 5.41) is 2.93. The lowest BCUT2D eigenvalue weighted by Gasteiger charge is -2.32. The fraction of sp³-hybridized carbons (Fsp3) is 0.476. The highest BCUT2D eigenvalue weighted by Crippen LogP contribution is 2.25. The van der Waals surface area contributed by atoms with Crippen LogP contribution in [0.5, 0.6) is 0 Å². The number of carbonyl (C=O) groups excluding carboxylic acids is 1. The number of aryl methyl sites for hydroxylation is 3. The van der Waals surface area contributed by atoms with Crippen molar-refractivity contribution >= 4 is 15.9 Å². The number of piperazine rings is 1. The first-order valence-electron chi connectivity index (χ1n) is 9.93. The van der Waals surface area contributed by atoms with Crippen LogP contribution in [0.4, 0.5) is 0 Å². The zero-order valence-corrected chi connectivity index (χ0v) is 18.3. The van der Waals surface area contributed by atoms with Gasteiger partial charge in [-0.15, -0.1) is 0 Å². The van der Waals surface area contributed by atoms with Gasteiger partial charge in [0.1, 0.15) is 5.76 Å². The molecule has 1 fully saturated rings. The van der Waals surface area contributed by atoms with Crippen LogP contribution in [0.15, 0.2) is 39.8 Å². The third-order valence-electron chi connectivity index (χ3n) is 5.39. The molecule has 2 heterocycles. The van der Waals surface area contributed by atoms with E-state index in [1.165, 1.54) is 0 Å². The van der Waals surface area contributed by atoms with Crippen molar-refractivity contribution in [2.45, 2.75) is 38.6 Å². The number of amides is 1. The van der Waals surface area contributed by atoms with Crippen LogP contribution in [0.3, 0.4) is 0 Å². The van der Waals surface area contributed by atoms with Crippen molar-refractivity contribution in [2.75, 3.05) is 32.7 Å². The molecular weight excluding hydrogens is 390 g/mol. The lowest BCUT2D eigenvalue weighted by atomic mass is 10.1. The van der Waals surface area contributed by atoms with Crippen LogP contribution < -0.4 is 10.2 Å². The van der Waals surface area contributed by atoms with Gasteiger partial charge in [0.25, 0.3) is 5.91 Å². The Morgan fingerprint density at radius 3 is 2.38 bits per heavy atom. The van der Waals surface area contributed by atoms with E-state index in [0.29, 0.717) is 43.4 Å². The molecular formula is C21H30N3O4S+. The molecule has 1 atom stereocenters. The van der Waals surface area contributed by atoms with Crippen molar-refractivity contribution in [3.05, 3.63) is 53.0 Å². The number of furan rings is 1. The summed E-state index contributed by atoms with van der Waals surface area (Å²) >= 11 is 0. The lowest BCUT2D eigenvalue weighted by Crippen LogP contribution is -3.15. The maximum absolute atomic E-state index is 13.2. The predicted octanol–water partition coefficient (Wildman–Crippen LogP) is 0.971. The van der Waals surface area contributed by atoms with E-state index < -0.39 is 10.0 Å². The van der Waals surface area contributed by atoms with Crippen LogP contribution in [-0.2, 0) is 14.8 Å². The summed E-state index contributed by atoms with van der Waals surface area (Å²) in [6.07, 6.45) is 1.58. The molecule has 0 radical (unpaired) electrons. The largest absolute Gasteiger partial charge is 0.467 e. The molecule has 7 nitrogen and oxygen atoms in total. The standard InChI is InChI=1S/C21H29N3O4S/c1-15-12-16(2)21(17(3)13-15)29(26,27)24-9-7-23(8-10-24)14-20(25)22-18(4)19-6-5-11-28-19/h5-6,11-13,18H,7-10,14H2,1-4H3,(H,22,25)/p+1/t18-/m1/s1. The molecule has 8 heteroatoms. The van der Waals surface area contributed by atoms with Crippen LogP contribution in [-0.4, -0.2) is 51.4 Å². The maximum atomic E-state index is 13.2. The van der Waals surface area contributed by atoms with Gasteiger partial charge in [-0.3, -0.25) is 4.79 Å². The predicted molar refractivity (Wildman–Crippen MR) is 110 cm³/mol. The summed E-state index contributed by atoms with van der Waals surface area (Å²) in [6, 6.07) is 7.25. The van der Waals surface area contributed by atoms with E-state index in [1.807, 2.05) is 45.9 Å². The van der Waals surface area contributed by atoms with Gasteiger partial charge in [-0.05, 0) is 51.0 Å². The van der Waals surface area contributed by atoms with Crippen LogP contribution in [0, 0.1) is 20.8 Å². The topological polar surface area (TPSA) is 84.1 Å². The number of benzene rings is 1. The van der Waals surface area contributed by atoms with Crippen LogP contribution in [0.25, 0.3) is 0 Å². The Morgan fingerprint density at radius 1 is 1.21 bits per heavy atom. The zero-order valence-electron chi connectivity index (χ0n) is 17.5. The minimum atomic E-state index is -3.53. The second kappa shape index (κ2) is 8.69. The van der Waals surface area contributed by atoms with Crippen molar-refractivity contribution in [3.8, 4) is 0 Å². The number of quaternary nitrogens is 1. The minimum Gasteiger partial charge on any atom is -0.467 e. The van der Waals surface area contributed by atoms with Crippen LogP contribution >= 0.6 is 0 Å². The van der Waals surface area contributed by atoms with Gasteiger partial charge in [-0.1, -0.05) is 17.7 Å². The average Bonchev–Trinajstić information content (AvgIpc) is 3.15. The van der Waals surface area contributed by atoms with E-state index in [4.69, 9.17) is 4.42 Å². The third-order valence-corrected chi connectivity index (χ3v) is 7.59. The number of sulfonamides is 1. The number of nitrogens with zero attached hydrogens (tertiary/aromatic N) is 1. The Labute approximate surface area is 172 Å². The molecule has 0 spiro atoms. The first-order valence-corrected chi connectivity index (χ1v) is 11.4. The highest BCUT2D eigenvalue weighted by molar-refractivity contribution is 7.89. The number of nitrogens with one attached hydrogen (secondary N) is 2. The summed E-state index contributed by atoms with van der Waals surface area (Å²) in [4.78, 5) is 13.8. The molecule has 1 aliphatic heterocycles. The quantitative estimate of drug-likeness (QED) is 0.730. The molecule has 2 N–H and O–H groups in total. The summed E-state index contributed by atoms with van der Waals surface area (Å²) in [6.45, 7) is 9.88. The molecule has 29 heavy (non-hydrogen) atoms. The molecule has 0 bridgehead atoms. The van der Waals surface area contributed by atoms with E-state index in [0.717, 1.165) is 21.6 Å². The molecule has 1 amide bonds. The molecule has 1 saturated heterocycles. The zero-order chi connectivity index (χ0) is 21.2. The third kappa shape index (κ3) is 4.88. The number of carbonyl (C=O) groups is 1. The molecule has 158 valence electrons. The number of hydrogen-bond acceptors (Lipinski definition) is 4. The normalized spacial score (nSPS) is 17.2. The summed E-state index contributed by atoms with van der Waals surface area (Å²) in [5.41, 5.74) is 2.62. The lowest BCUT2D eigenvalue weighted by molar-refractivity contribution is -0.895. The van der Waals surface area contributed by atoms with Crippen molar-refractivity contribution < 1.29 is 22.5 Å². The molecule has 0 unspecified atom stereocenters. The smallest absolute Gasteiger partial charge is 0.275 e. The van der Waals surface area contributed by atoms with Crippen molar-refractivity contribution in [2.24, 2.45) is 0 Å². The van der Waals surface area contributed by atoms with E-state index >= 15 is 0 Å². The van der Waals surface area contributed by atoms with Crippen molar-refractivity contribution in [3.63, 3.8) is 0 Å². The first-order chi connectivity index (χ1) is 13.7. The molecule has 0 aliphatic carbocycles. The second-order valence-corrected chi connectivity index (χ2v) is 9.74. The van der Waals surface area contributed by atoms with Gasteiger partial charge >= 0.3 is 0 Å². The Hall–Kier alpha value is -2.16. The molecule has 1 aromatic heterocycles. The molecule has 0 saturated carbocycles. The molecule has 3 rings (SSSR count). The van der Waals surface area contributed by atoms with Crippen molar-refractivity contribution in [1.29, 1.82) is 0 Å². The summed E-state index contributed by atoms with van der Waals surface area (Å²) < 4.78 is 33.2. The molecule has 1 aromatic carbocycles. The van der Waals surface area contributed by atoms with Gasteiger partial charge in [0.15, 0.2) is 6.54 Å². The van der Waals surface area contributed by atoms with E-state index in [2.05, 4.69) is 5.32 Å². The first kappa shape index (κ1) is 21.5. The Kier molecular flexibility index (Phi) is 6.45. The molecule has 2 aromatic rings. The van der Waals surface area contributed by atoms with Gasteiger partial charge in [-0.25, -0.2) is 8.42 Å². The SMILES string of the molecule is Cc1cc(C)c(S(=O)(=O)N2CC[NH+](CC(=O)N[C@H](C)c3ccco3)CC2)c(C)c1. The van der Waals surface area contributed by atoms with Crippen molar-refractivity contribution in [1.82, 2.24) is 9.62 Å². The van der Waals surface area contributed by atoms with Gasteiger partial charge < -0.3 is 14.6 Å². The average molecular weight is 421 g/mol. The summed E-state index contributed by atoms with van der Waals surface area (Å²) in [5.74, 6) is 0.651. The van der Waals surface area contributed by atoms with E-state index in [9.17, 15) is 13.2 Å². The van der Waals surface area contributed by atoms with E-state index in [1.54, 1.807) is 16.6 Å². The Bertz CT molecular complexity index is 939. The number of hydrogen-bond donors (Lipinski definition) is 2. The van der Waals surface area contributed by atoms with Crippen LogP contribution in [0.1, 0.15) is 35.4 Å². The maximum Gasteiger partial charge on any atom is 0.275 e. The monoisotopic (exact) mass is 420 g/mol. The molecule has 1 aliphatic rings. The Morgan fingerprint density at radius 2 is 1.83 bits per heavy atom. The van der Waals surface area contributed by atoms with Gasteiger partial charge in [0.05, 0.1) is 43.4 Å². The fourth-order valence-corrected chi connectivity index (χ4v) is 5.90. The van der Waals surface area contributed by atoms with Gasteiger partial charge in [0.2, 0.25) is 10.0 Å². The number of rotatable bonds is 6. The van der Waals surface area contributed by atoms with Gasteiger partial charge in [-0.2, -0.15) is 4.31 Å². The second-order valence-electron chi connectivity index (χ2n) is 7.86. The van der Waals surface area contributed by atoms with Gasteiger partial charge in [0, 0.05) is 0 Å².